The van der Waals surface area contributed by atoms with Crippen molar-refractivity contribution in [1.29, 1.82) is 0 Å². The first-order valence-corrected chi connectivity index (χ1v) is 14.2. The third kappa shape index (κ3) is 4.63. The number of aromatic nitrogens is 6. The molecule has 2 aliphatic heterocycles. The van der Waals surface area contributed by atoms with Gasteiger partial charge in [-0.15, -0.1) is 10.2 Å². The van der Waals surface area contributed by atoms with Crippen LogP contribution in [0.2, 0.25) is 0 Å². The number of nitrogens with zero attached hydrogens (tertiary/aromatic N) is 8. The van der Waals surface area contributed by atoms with Crippen LogP contribution in [0.4, 0.5) is 5.82 Å². The van der Waals surface area contributed by atoms with Crippen molar-refractivity contribution in [2.75, 3.05) is 31.7 Å². The zero-order valence-electron chi connectivity index (χ0n) is 23.9. The zero-order chi connectivity index (χ0) is 27.3. The van der Waals surface area contributed by atoms with E-state index in [1.807, 2.05) is 4.40 Å². The number of hydrogen-bond acceptors (Lipinski definition) is 8. The maximum absolute atomic E-state index is 5.98. The largest absolute Gasteiger partial charge is 0.497 e. The first kappa shape index (κ1) is 26.0. The molecular formula is C29H40N8O2. The molecule has 2 saturated heterocycles. The number of rotatable bonds is 7. The maximum atomic E-state index is 5.98. The molecule has 4 aromatic rings. The van der Waals surface area contributed by atoms with Crippen molar-refractivity contribution in [1.82, 2.24) is 34.0 Å². The van der Waals surface area contributed by atoms with Crippen LogP contribution < -0.4 is 9.64 Å². The number of imidazole rings is 1. The summed E-state index contributed by atoms with van der Waals surface area (Å²) in [5.41, 5.74) is 3.22. The minimum atomic E-state index is 0.206. The Morgan fingerprint density at radius 1 is 1.08 bits per heavy atom. The molecule has 208 valence electrons. The van der Waals surface area contributed by atoms with Crippen molar-refractivity contribution in [2.45, 2.75) is 78.2 Å². The van der Waals surface area contributed by atoms with Crippen LogP contribution in [0, 0.1) is 12.8 Å². The molecular weight excluding hydrogens is 492 g/mol. The monoisotopic (exact) mass is 532 g/mol. The average molecular weight is 533 g/mol. The Hall–Kier alpha value is -3.24. The summed E-state index contributed by atoms with van der Waals surface area (Å²) < 4.78 is 15.6. The zero-order valence-corrected chi connectivity index (χ0v) is 23.9. The smallest absolute Gasteiger partial charge is 0.258 e. The number of anilines is 1. The number of methoxy groups -OCH3 is 1. The van der Waals surface area contributed by atoms with Gasteiger partial charge >= 0.3 is 0 Å². The van der Waals surface area contributed by atoms with E-state index in [0.717, 1.165) is 67.6 Å². The fraction of sp³-hybridized carbons (Fsp3) is 0.586. The molecule has 0 amide bonds. The predicted molar refractivity (Wildman–Crippen MR) is 151 cm³/mol. The van der Waals surface area contributed by atoms with Crippen molar-refractivity contribution < 1.29 is 9.47 Å². The second-order valence-corrected chi connectivity index (χ2v) is 11.5. The summed E-state index contributed by atoms with van der Waals surface area (Å²) in [6.45, 7) is 14.7. The van der Waals surface area contributed by atoms with E-state index >= 15 is 0 Å². The van der Waals surface area contributed by atoms with E-state index in [0.29, 0.717) is 23.8 Å². The SMILES string of the molecule is COc1ccc([C@@H](C(C)C)N2C[C@H](C)N(c3nc4nncn4c4c3nc(C)n4CC3CCCO3)C[C@H]2C)cc1. The fourth-order valence-electron chi connectivity index (χ4n) is 6.56. The minimum Gasteiger partial charge on any atom is -0.497 e. The molecule has 5 heterocycles. The van der Waals surface area contributed by atoms with Crippen LogP contribution in [-0.2, 0) is 11.3 Å². The Kier molecular flexibility index (Phi) is 6.93. The van der Waals surface area contributed by atoms with Gasteiger partial charge in [-0.1, -0.05) is 26.0 Å². The number of ether oxygens (including phenoxy) is 2. The summed E-state index contributed by atoms with van der Waals surface area (Å²) in [6.07, 6.45) is 4.13. The Balaban J connectivity index is 1.35. The van der Waals surface area contributed by atoms with Gasteiger partial charge in [-0.3, -0.25) is 4.90 Å². The molecule has 1 aromatic carbocycles. The van der Waals surface area contributed by atoms with Gasteiger partial charge in [0, 0.05) is 37.8 Å². The van der Waals surface area contributed by atoms with Crippen molar-refractivity contribution in [3.8, 4) is 5.75 Å². The highest BCUT2D eigenvalue weighted by Gasteiger charge is 2.37. The summed E-state index contributed by atoms with van der Waals surface area (Å²) in [4.78, 5) is 15.2. The lowest BCUT2D eigenvalue weighted by molar-refractivity contribution is 0.0821. The first-order valence-electron chi connectivity index (χ1n) is 14.2. The van der Waals surface area contributed by atoms with Gasteiger partial charge < -0.3 is 18.9 Å². The number of benzene rings is 1. The van der Waals surface area contributed by atoms with Gasteiger partial charge in [0.1, 0.15) is 23.4 Å². The van der Waals surface area contributed by atoms with Crippen LogP contribution in [0.1, 0.15) is 58.0 Å². The van der Waals surface area contributed by atoms with Crippen molar-refractivity contribution in [2.24, 2.45) is 5.92 Å². The van der Waals surface area contributed by atoms with Gasteiger partial charge in [0.15, 0.2) is 11.5 Å². The average Bonchev–Trinajstić information content (AvgIpc) is 3.67. The molecule has 0 spiro atoms. The van der Waals surface area contributed by atoms with Crippen molar-refractivity contribution >= 4 is 22.8 Å². The van der Waals surface area contributed by atoms with Gasteiger partial charge in [-0.2, -0.15) is 4.98 Å². The maximum Gasteiger partial charge on any atom is 0.258 e. The lowest BCUT2D eigenvalue weighted by atomic mass is 9.91. The topological polar surface area (TPSA) is 85.8 Å². The molecule has 0 aliphatic carbocycles. The van der Waals surface area contributed by atoms with E-state index in [2.05, 4.69) is 83.4 Å². The minimum absolute atomic E-state index is 0.206. The Morgan fingerprint density at radius 3 is 2.56 bits per heavy atom. The standard InChI is InChI=1S/C29H40N8O2/c1-18(2)26(22-9-11-23(38-6)12-10-22)34-14-20(4)35(15-19(34)3)27-25-28(37-17-30-33-29(37)32-27)36(21(5)31-25)16-24-8-7-13-39-24/h9-12,17-20,24,26H,7-8,13-16H2,1-6H3/t19-,20+,24?,26-/m1/s1. The van der Waals surface area contributed by atoms with E-state index in [4.69, 9.17) is 19.4 Å². The lowest BCUT2D eigenvalue weighted by Gasteiger charge is -2.49. The first-order chi connectivity index (χ1) is 18.9. The summed E-state index contributed by atoms with van der Waals surface area (Å²) in [5.74, 6) is 3.81. The van der Waals surface area contributed by atoms with Gasteiger partial charge in [-0.25, -0.2) is 9.38 Å². The Labute approximate surface area is 229 Å². The van der Waals surface area contributed by atoms with Crippen molar-refractivity contribution in [3.63, 3.8) is 0 Å². The van der Waals surface area contributed by atoms with Crippen LogP contribution in [0.3, 0.4) is 0 Å². The predicted octanol–water partition coefficient (Wildman–Crippen LogP) is 4.27. The van der Waals surface area contributed by atoms with Gasteiger partial charge in [0.05, 0.1) is 19.8 Å². The molecule has 0 bridgehead atoms. The summed E-state index contributed by atoms with van der Waals surface area (Å²) >= 11 is 0. The molecule has 3 aromatic heterocycles. The molecule has 0 N–H and O–H groups in total. The van der Waals surface area contributed by atoms with Gasteiger partial charge in [-0.05, 0) is 57.2 Å². The normalized spacial score (nSPS) is 23.4. The molecule has 6 rings (SSSR count). The number of hydrogen-bond donors (Lipinski definition) is 0. The van der Waals surface area contributed by atoms with E-state index in [9.17, 15) is 0 Å². The molecule has 10 heteroatoms. The molecule has 2 aliphatic rings. The molecule has 2 fully saturated rings. The molecule has 0 radical (unpaired) electrons. The quantitative estimate of drug-likeness (QED) is 0.349. The molecule has 39 heavy (non-hydrogen) atoms. The molecule has 0 saturated carbocycles. The Bertz CT molecular complexity index is 1440. The van der Waals surface area contributed by atoms with Crippen LogP contribution >= 0.6 is 0 Å². The third-order valence-electron chi connectivity index (χ3n) is 8.47. The second-order valence-electron chi connectivity index (χ2n) is 11.5. The summed E-state index contributed by atoms with van der Waals surface area (Å²) in [6, 6.07) is 9.43. The highest BCUT2D eigenvalue weighted by atomic mass is 16.5. The number of fused-ring (bicyclic) bond motifs is 3. The van der Waals surface area contributed by atoms with E-state index in [-0.39, 0.29) is 12.1 Å². The second kappa shape index (κ2) is 10.4. The highest BCUT2D eigenvalue weighted by Crippen LogP contribution is 2.36. The highest BCUT2D eigenvalue weighted by molar-refractivity contribution is 5.87. The number of aryl methyl sites for hydroxylation is 1. The van der Waals surface area contributed by atoms with E-state index in [1.54, 1.807) is 13.4 Å². The van der Waals surface area contributed by atoms with Crippen LogP contribution in [-0.4, -0.2) is 79.0 Å². The third-order valence-corrected chi connectivity index (χ3v) is 8.47. The van der Waals surface area contributed by atoms with E-state index < -0.39 is 0 Å². The molecule has 10 nitrogen and oxygen atoms in total. The fourth-order valence-corrected chi connectivity index (χ4v) is 6.56. The number of piperazine rings is 1. The van der Waals surface area contributed by atoms with Crippen molar-refractivity contribution in [3.05, 3.63) is 42.0 Å². The van der Waals surface area contributed by atoms with Crippen LogP contribution in [0.25, 0.3) is 16.9 Å². The van der Waals surface area contributed by atoms with Crippen LogP contribution in [0.5, 0.6) is 5.75 Å². The summed E-state index contributed by atoms with van der Waals surface area (Å²) in [7, 11) is 1.72. The molecule has 4 atom stereocenters. The van der Waals surface area contributed by atoms with E-state index in [1.165, 1.54) is 5.56 Å². The van der Waals surface area contributed by atoms with Gasteiger partial charge in [0.2, 0.25) is 0 Å². The Morgan fingerprint density at radius 2 is 1.87 bits per heavy atom. The van der Waals surface area contributed by atoms with Crippen LogP contribution in [0.15, 0.2) is 30.6 Å². The molecule has 1 unspecified atom stereocenters. The summed E-state index contributed by atoms with van der Waals surface area (Å²) in [5, 5.41) is 8.55. The van der Waals surface area contributed by atoms with Gasteiger partial charge in [0.25, 0.3) is 5.78 Å². The lowest BCUT2D eigenvalue weighted by Crippen LogP contribution is -2.58.